The van der Waals surface area contributed by atoms with Gasteiger partial charge in [-0.15, -0.1) is 0 Å². The van der Waals surface area contributed by atoms with Crippen LogP contribution in [0.25, 0.3) is 5.76 Å². The van der Waals surface area contributed by atoms with Crippen LogP contribution in [0.15, 0.2) is 84.4 Å². The topological polar surface area (TPSA) is 87.1 Å². The maximum Gasteiger partial charge on any atom is 0.300 e. The Morgan fingerprint density at radius 3 is 2.41 bits per heavy atom. The van der Waals surface area contributed by atoms with Crippen LogP contribution in [-0.4, -0.2) is 28.5 Å². The molecule has 1 aliphatic heterocycles. The summed E-state index contributed by atoms with van der Waals surface area (Å²) in [5, 5.41) is 21.6. The quantitative estimate of drug-likeness (QED) is 0.334. The summed E-state index contributed by atoms with van der Waals surface area (Å²) >= 11 is 0. The van der Waals surface area contributed by atoms with Crippen molar-refractivity contribution < 1.29 is 24.5 Å². The Morgan fingerprint density at radius 2 is 1.69 bits per heavy atom. The third-order valence-corrected chi connectivity index (χ3v) is 5.28. The number of phenols is 1. The van der Waals surface area contributed by atoms with Crippen molar-refractivity contribution in [1.29, 1.82) is 0 Å². The van der Waals surface area contributed by atoms with E-state index in [2.05, 4.69) is 0 Å². The van der Waals surface area contributed by atoms with Gasteiger partial charge < -0.3 is 14.9 Å². The minimum atomic E-state index is -0.898. The Balaban J connectivity index is 1.89. The third-order valence-electron chi connectivity index (χ3n) is 5.28. The Morgan fingerprint density at radius 1 is 0.969 bits per heavy atom. The highest BCUT2D eigenvalue weighted by molar-refractivity contribution is 6.51. The van der Waals surface area contributed by atoms with Gasteiger partial charge in [-0.25, -0.2) is 0 Å². The van der Waals surface area contributed by atoms with Gasteiger partial charge in [0.2, 0.25) is 0 Å². The Hall–Kier alpha value is -4.06. The maximum absolute atomic E-state index is 13.1. The number of hydrogen-bond donors (Lipinski definition) is 2. The molecule has 4 rings (SSSR count). The van der Waals surface area contributed by atoms with E-state index in [1.54, 1.807) is 66.7 Å². The van der Waals surface area contributed by atoms with Crippen molar-refractivity contribution in [3.63, 3.8) is 0 Å². The van der Waals surface area contributed by atoms with E-state index in [0.717, 1.165) is 6.42 Å². The minimum Gasteiger partial charge on any atom is -0.507 e. The molecule has 0 saturated carbocycles. The van der Waals surface area contributed by atoms with Gasteiger partial charge in [0.1, 0.15) is 17.3 Å². The molecule has 0 aliphatic carbocycles. The van der Waals surface area contributed by atoms with Gasteiger partial charge in [0.15, 0.2) is 0 Å². The van der Waals surface area contributed by atoms with Crippen LogP contribution in [0.3, 0.4) is 0 Å². The van der Waals surface area contributed by atoms with Gasteiger partial charge in [-0.3, -0.25) is 14.5 Å². The van der Waals surface area contributed by atoms with Crippen LogP contribution in [-0.2, 0) is 9.59 Å². The summed E-state index contributed by atoms with van der Waals surface area (Å²) in [5.41, 5.74) is 1.16. The normalized spacial score (nSPS) is 17.5. The van der Waals surface area contributed by atoms with E-state index in [4.69, 9.17) is 4.74 Å². The van der Waals surface area contributed by atoms with E-state index >= 15 is 0 Å². The average Bonchev–Trinajstić information content (AvgIpc) is 3.08. The number of carbonyl (C=O) groups is 2. The van der Waals surface area contributed by atoms with E-state index in [-0.39, 0.29) is 22.8 Å². The number of ketones is 1. The number of phenolic OH excluding ortho intramolecular Hbond substituents is 1. The molecule has 3 aromatic rings. The molecule has 1 fully saturated rings. The SMILES string of the molecule is CCCOc1cccc(/C(O)=C2\C(=O)C(=O)N(c3ccccc3O)C2c2ccccc2)c1. The summed E-state index contributed by atoms with van der Waals surface area (Å²) in [5.74, 6) is -1.51. The van der Waals surface area contributed by atoms with Gasteiger partial charge in [0, 0.05) is 5.56 Å². The lowest BCUT2D eigenvalue weighted by Gasteiger charge is -2.26. The second-order valence-electron chi connectivity index (χ2n) is 7.44. The fourth-order valence-corrected chi connectivity index (χ4v) is 3.81. The number of nitrogens with zero attached hydrogens (tertiary/aromatic N) is 1. The molecule has 1 unspecified atom stereocenters. The largest absolute Gasteiger partial charge is 0.507 e. The number of Topliss-reactive ketones (excluding diaryl/α,β-unsaturated/α-hetero) is 1. The first-order valence-corrected chi connectivity index (χ1v) is 10.4. The predicted octanol–water partition coefficient (Wildman–Crippen LogP) is 4.81. The highest BCUT2D eigenvalue weighted by atomic mass is 16.5. The van der Waals surface area contributed by atoms with Crippen LogP contribution in [0.5, 0.6) is 11.5 Å². The lowest BCUT2D eigenvalue weighted by atomic mass is 9.95. The fourth-order valence-electron chi connectivity index (χ4n) is 3.81. The number of ether oxygens (including phenoxy) is 1. The number of para-hydroxylation sites is 2. The van der Waals surface area contributed by atoms with Gasteiger partial charge >= 0.3 is 0 Å². The second kappa shape index (κ2) is 8.98. The molecule has 0 spiro atoms. The number of aliphatic hydroxyl groups is 1. The van der Waals surface area contributed by atoms with Gasteiger partial charge in [0.05, 0.1) is 23.9 Å². The number of aromatic hydroxyl groups is 1. The predicted molar refractivity (Wildman–Crippen MR) is 122 cm³/mol. The van der Waals surface area contributed by atoms with Gasteiger partial charge in [-0.05, 0) is 36.2 Å². The molecule has 0 radical (unpaired) electrons. The van der Waals surface area contributed by atoms with Crippen molar-refractivity contribution >= 4 is 23.1 Å². The van der Waals surface area contributed by atoms with E-state index < -0.39 is 17.7 Å². The van der Waals surface area contributed by atoms with Crippen molar-refractivity contribution in [3.8, 4) is 11.5 Å². The van der Waals surface area contributed by atoms with Gasteiger partial charge in [-0.2, -0.15) is 0 Å². The molecule has 6 nitrogen and oxygen atoms in total. The van der Waals surface area contributed by atoms with Crippen molar-refractivity contribution in [1.82, 2.24) is 0 Å². The van der Waals surface area contributed by atoms with Crippen molar-refractivity contribution in [2.75, 3.05) is 11.5 Å². The highest BCUT2D eigenvalue weighted by Gasteiger charge is 2.47. The Kier molecular flexibility index (Phi) is 5.94. The zero-order valence-corrected chi connectivity index (χ0v) is 17.6. The van der Waals surface area contributed by atoms with Crippen LogP contribution in [0.2, 0.25) is 0 Å². The first-order chi connectivity index (χ1) is 15.5. The van der Waals surface area contributed by atoms with Gasteiger partial charge in [0.25, 0.3) is 11.7 Å². The Labute approximate surface area is 186 Å². The number of anilines is 1. The van der Waals surface area contributed by atoms with Crippen LogP contribution in [0.1, 0.15) is 30.5 Å². The molecule has 1 heterocycles. The monoisotopic (exact) mass is 429 g/mol. The molecule has 3 aromatic carbocycles. The average molecular weight is 429 g/mol. The summed E-state index contributed by atoms with van der Waals surface area (Å²) in [6.45, 7) is 2.51. The molecule has 32 heavy (non-hydrogen) atoms. The van der Waals surface area contributed by atoms with Crippen LogP contribution in [0, 0.1) is 0 Å². The molecule has 162 valence electrons. The summed E-state index contributed by atoms with van der Waals surface area (Å²) < 4.78 is 5.65. The molecule has 0 aromatic heterocycles. The molecular weight excluding hydrogens is 406 g/mol. The molecule has 0 bridgehead atoms. The number of hydrogen-bond acceptors (Lipinski definition) is 5. The van der Waals surface area contributed by atoms with Crippen molar-refractivity contribution in [2.45, 2.75) is 19.4 Å². The summed E-state index contributed by atoms with van der Waals surface area (Å²) in [6, 6.07) is 21.2. The Bertz CT molecular complexity index is 1190. The summed E-state index contributed by atoms with van der Waals surface area (Å²) in [4.78, 5) is 27.5. The summed E-state index contributed by atoms with van der Waals surface area (Å²) in [7, 11) is 0. The number of rotatable bonds is 6. The molecular formula is C26H23NO5. The smallest absolute Gasteiger partial charge is 0.300 e. The van der Waals surface area contributed by atoms with E-state index in [1.165, 1.54) is 11.0 Å². The molecule has 1 amide bonds. The molecule has 1 aliphatic rings. The molecule has 1 atom stereocenters. The fraction of sp³-hybridized carbons (Fsp3) is 0.154. The number of aliphatic hydroxyl groups excluding tert-OH is 1. The van der Waals surface area contributed by atoms with E-state index in [0.29, 0.717) is 23.5 Å². The van der Waals surface area contributed by atoms with Gasteiger partial charge in [-0.1, -0.05) is 61.5 Å². The lowest BCUT2D eigenvalue weighted by molar-refractivity contribution is -0.132. The first-order valence-electron chi connectivity index (χ1n) is 10.4. The lowest BCUT2D eigenvalue weighted by Crippen LogP contribution is -2.29. The zero-order valence-electron chi connectivity index (χ0n) is 17.6. The number of amides is 1. The molecule has 2 N–H and O–H groups in total. The third kappa shape index (κ3) is 3.83. The molecule has 1 saturated heterocycles. The number of carbonyl (C=O) groups excluding carboxylic acids is 2. The first kappa shape index (κ1) is 21.2. The minimum absolute atomic E-state index is 0.0444. The van der Waals surface area contributed by atoms with Crippen molar-refractivity contribution in [3.05, 3.63) is 95.6 Å². The van der Waals surface area contributed by atoms with Crippen molar-refractivity contribution in [2.24, 2.45) is 0 Å². The highest BCUT2D eigenvalue weighted by Crippen LogP contribution is 2.44. The molecule has 6 heteroatoms. The summed E-state index contributed by atoms with van der Waals surface area (Å²) in [6.07, 6.45) is 0.829. The standard InChI is InChI=1S/C26H23NO5/c1-2-15-32-19-12-8-11-18(16-19)24(29)22-23(17-9-4-3-5-10-17)27(26(31)25(22)30)20-13-6-7-14-21(20)28/h3-14,16,23,28-29H,2,15H2,1H3/b24-22+. The zero-order chi connectivity index (χ0) is 22.7. The van der Waals surface area contributed by atoms with E-state index in [9.17, 15) is 19.8 Å². The second-order valence-corrected chi connectivity index (χ2v) is 7.44. The van der Waals surface area contributed by atoms with Crippen LogP contribution < -0.4 is 9.64 Å². The maximum atomic E-state index is 13.1. The van der Waals surface area contributed by atoms with Crippen LogP contribution in [0.4, 0.5) is 5.69 Å². The van der Waals surface area contributed by atoms with Crippen LogP contribution >= 0.6 is 0 Å². The van der Waals surface area contributed by atoms with E-state index in [1.807, 2.05) is 13.0 Å². The number of benzene rings is 3.